The van der Waals surface area contributed by atoms with Crippen molar-refractivity contribution in [3.05, 3.63) is 11.0 Å². The zero-order chi connectivity index (χ0) is 10.9. The van der Waals surface area contributed by atoms with Crippen molar-refractivity contribution < 1.29 is 0 Å². The molecular weight excluding hydrogens is 169 g/mol. The van der Waals surface area contributed by atoms with E-state index in [1.807, 2.05) is 0 Å². The molecular formula is C12H21BN. The molecule has 0 aromatic heterocycles. The molecule has 1 radical (unpaired) electrons. The Morgan fingerprint density at radius 2 is 1.43 bits per heavy atom. The molecule has 2 heteroatoms. The Labute approximate surface area is 89.0 Å². The van der Waals surface area contributed by atoms with Crippen LogP contribution in [0.5, 0.6) is 0 Å². The number of hydrogen-bond donors (Lipinski definition) is 0. The van der Waals surface area contributed by atoms with Gasteiger partial charge < -0.3 is 4.90 Å². The summed E-state index contributed by atoms with van der Waals surface area (Å²) in [6.07, 6.45) is 0. The van der Waals surface area contributed by atoms with E-state index in [-0.39, 0.29) is 0 Å². The molecule has 0 fully saturated rings. The lowest BCUT2D eigenvalue weighted by molar-refractivity contribution is 0.735. The quantitative estimate of drug-likeness (QED) is 0.605. The summed E-state index contributed by atoms with van der Waals surface area (Å²) in [5.74, 6) is 1.72. The highest BCUT2D eigenvalue weighted by Crippen LogP contribution is 2.29. The van der Waals surface area contributed by atoms with Crippen molar-refractivity contribution in [1.82, 2.24) is 0 Å². The summed E-state index contributed by atoms with van der Waals surface area (Å²) in [4.78, 5) is 4.56. The zero-order valence-corrected chi connectivity index (χ0v) is 10.3. The minimum absolute atomic E-state index is 0.542. The maximum atomic E-state index is 4.56. The molecule has 0 unspecified atom stereocenters. The van der Waals surface area contributed by atoms with Gasteiger partial charge in [0.2, 0.25) is 0 Å². The predicted molar refractivity (Wildman–Crippen MR) is 64.7 cm³/mol. The second-order valence-electron chi connectivity index (χ2n) is 4.98. The standard InChI is InChI=1S/C12H21BN/c1-7(2)10-11(8(3)4)13-14-12(10)9(5)6/h7-9H,1-6H3. The van der Waals surface area contributed by atoms with Crippen LogP contribution in [0.15, 0.2) is 15.9 Å². The van der Waals surface area contributed by atoms with Gasteiger partial charge in [0.1, 0.15) is 0 Å². The van der Waals surface area contributed by atoms with Crippen molar-refractivity contribution in [2.24, 2.45) is 22.7 Å². The van der Waals surface area contributed by atoms with Crippen LogP contribution in [-0.4, -0.2) is 13.1 Å². The van der Waals surface area contributed by atoms with E-state index in [4.69, 9.17) is 0 Å². The first-order chi connectivity index (χ1) is 6.45. The predicted octanol–water partition coefficient (Wildman–Crippen LogP) is 3.28. The van der Waals surface area contributed by atoms with Crippen LogP contribution in [0.4, 0.5) is 0 Å². The van der Waals surface area contributed by atoms with E-state index >= 15 is 0 Å². The number of allylic oxidation sites excluding steroid dienone is 2. The normalized spacial score (nSPS) is 17.1. The Morgan fingerprint density at radius 1 is 0.857 bits per heavy atom. The van der Waals surface area contributed by atoms with Gasteiger partial charge in [-0.15, -0.1) is 0 Å². The SMILES string of the molecule is CC(C)C1=N[B]C(C(C)C)=C1C(C)C. The van der Waals surface area contributed by atoms with Gasteiger partial charge >= 0.3 is 7.41 Å². The van der Waals surface area contributed by atoms with Crippen molar-refractivity contribution in [3.63, 3.8) is 0 Å². The topological polar surface area (TPSA) is 12.4 Å². The molecule has 1 aliphatic heterocycles. The van der Waals surface area contributed by atoms with Gasteiger partial charge in [0.15, 0.2) is 0 Å². The van der Waals surface area contributed by atoms with Crippen molar-refractivity contribution in [2.75, 3.05) is 0 Å². The molecule has 0 aliphatic carbocycles. The summed E-state index contributed by atoms with van der Waals surface area (Å²) in [7, 11) is 2.06. The third-order valence-corrected chi connectivity index (χ3v) is 2.68. The van der Waals surface area contributed by atoms with E-state index in [1.165, 1.54) is 16.8 Å². The summed E-state index contributed by atoms with van der Waals surface area (Å²) in [6, 6.07) is 0. The molecule has 1 heterocycles. The molecule has 1 rings (SSSR count). The molecule has 0 saturated heterocycles. The van der Waals surface area contributed by atoms with E-state index in [0.29, 0.717) is 17.8 Å². The lowest BCUT2D eigenvalue weighted by Crippen LogP contribution is -2.14. The van der Waals surface area contributed by atoms with E-state index in [2.05, 4.69) is 53.9 Å². The molecule has 1 nitrogen and oxygen atoms in total. The first-order valence-corrected chi connectivity index (χ1v) is 5.60. The summed E-state index contributed by atoms with van der Waals surface area (Å²) < 4.78 is 0. The Bertz CT molecular complexity index is 272. The highest BCUT2D eigenvalue weighted by atomic mass is 14.7. The number of hydrogen-bond acceptors (Lipinski definition) is 1. The van der Waals surface area contributed by atoms with Gasteiger partial charge in [-0.05, 0) is 23.3 Å². The maximum Gasteiger partial charge on any atom is 0.308 e. The van der Waals surface area contributed by atoms with Crippen LogP contribution in [0.3, 0.4) is 0 Å². The Hall–Kier alpha value is -0.525. The van der Waals surface area contributed by atoms with Crippen LogP contribution < -0.4 is 0 Å². The molecule has 0 N–H and O–H groups in total. The average Bonchev–Trinajstić information content (AvgIpc) is 2.46. The number of rotatable bonds is 3. The molecule has 0 amide bonds. The highest BCUT2D eigenvalue weighted by Gasteiger charge is 2.25. The molecule has 0 bridgehead atoms. The number of nitrogens with zero attached hydrogens (tertiary/aromatic N) is 1. The monoisotopic (exact) mass is 190 g/mol. The van der Waals surface area contributed by atoms with Crippen molar-refractivity contribution >= 4 is 13.1 Å². The largest absolute Gasteiger partial charge is 0.346 e. The Kier molecular flexibility index (Phi) is 3.57. The van der Waals surface area contributed by atoms with Crippen molar-refractivity contribution in [2.45, 2.75) is 41.5 Å². The maximum absolute atomic E-state index is 4.56. The second-order valence-corrected chi connectivity index (χ2v) is 4.98. The van der Waals surface area contributed by atoms with Crippen LogP contribution in [-0.2, 0) is 0 Å². The van der Waals surface area contributed by atoms with E-state index in [0.717, 1.165) is 0 Å². The summed E-state index contributed by atoms with van der Waals surface area (Å²) in [5, 5.41) is 0. The van der Waals surface area contributed by atoms with Crippen LogP contribution >= 0.6 is 0 Å². The summed E-state index contributed by atoms with van der Waals surface area (Å²) in [5.41, 5.74) is 4.21. The zero-order valence-electron chi connectivity index (χ0n) is 10.3. The van der Waals surface area contributed by atoms with Gasteiger partial charge in [-0.25, -0.2) is 0 Å². The molecule has 0 atom stereocenters. The summed E-state index contributed by atoms with van der Waals surface area (Å²) in [6.45, 7) is 13.4. The van der Waals surface area contributed by atoms with Gasteiger partial charge in [0.25, 0.3) is 0 Å². The molecule has 77 valence electrons. The minimum Gasteiger partial charge on any atom is -0.346 e. The third kappa shape index (κ3) is 2.10. The smallest absolute Gasteiger partial charge is 0.308 e. The van der Waals surface area contributed by atoms with E-state index in [1.54, 1.807) is 0 Å². The van der Waals surface area contributed by atoms with Crippen molar-refractivity contribution in [1.29, 1.82) is 0 Å². The average molecular weight is 190 g/mol. The van der Waals surface area contributed by atoms with Crippen LogP contribution in [0.1, 0.15) is 41.5 Å². The van der Waals surface area contributed by atoms with Crippen LogP contribution in [0.25, 0.3) is 0 Å². The third-order valence-electron chi connectivity index (χ3n) is 2.68. The van der Waals surface area contributed by atoms with Gasteiger partial charge in [-0.1, -0.05) is 47.0 Å². The fraction of sp³-hybridized carbons (Fsp3) is 0.750. The van der Waals surface area contributed by atoms with E-state index < -0.39 is 0 Å². The first kappa shape index (κ1) is 11.5. The fourth-order valence-electron chi connectivity index (χ4n) is 1.98. The summed E-state index contributed by atoms with van der Waals surface area (Å²) >= 11 is 0. The molecule has 0 aromatic rings. The molecule has 0 aromatic carbocycles. The molecule has 0 saturated carbocycles. The van der Waals surface area contributed by atoms with Crippen LogP contribution in [0, 0.1) is 17.8 Å². The Morgan fingerprint density at radius 3 is 1.79 bits per heavy atom. The molecule has 14 heavy (non-hydrogen) atoms. The van der Waals surface area contributed by atoms with Gasteiger partial charge in [0, 0.05) is 5.71 Å². The fourth-order valence-corrected chi connectivity index (χ4v) is 1.98. The first-order valence-electron chi connectivity index (χ1n) is 5.60. The van der Waals surface area contributed by atoms with Crippen molar-refractivity contribution in [3.8, 4) is 0 Å². The lowest BCUT2D eigenvalue weighted by Gasteiger charge is -2.18. The minimum atomic E-state index is 0.542. The van der Waals surface area contributed by atoms with Gasteiger partial charge in [-0.2, -0.15) is 0 Å². The lowest BCUT2D eigenvalue weighted by atomic mass is 9.73. The molecule has 1 aliphatic rings. The van der Waals surface area contributed by atoms with E-state index in [9.17, 15) is 0 Å². The highest BCUT2D eigenvalue weighted by molar-refractivity contribution is 6.51. The van der Waals surface area contributed by atoms with Gasteiger partial charge in [0.05, 0.1) is 0 Å². The van der Waals surface area contributed by atoms with Gasteiger partial charge in [-0.3, -0.25) is 0 Å². The Balaban J connectivity index is 3.04. The second kappa shape index (κ2) is 4.33. The molecule has 0 spiro atoms. The van der Waals surface area contributed by atoms with Crippen LogP contribution in [0.2, 0.25) is 0 Å².